The normalized spacial score (nSPS) is 11.3. The Bertz CT molecular complexity index is 286. The van der Waals surface area contributed by atoms with Crippen molar-refractivity contribution in [2.75, 3.05) is 11.5 Å². The summed E-state index contributed by atoms with van der Waals surface area (Å²) < 4.78 is 59.8. The number of hydrogen-bond donors (Lipinski definition) is 0. The summed E-state index contributed by atoms with van der Waals surface area (Å²) in [4.78, 5) is 0. The molecule has 0 fully saturated rings. The van der Waals surface area contributed by atoms with E-state index in [4.69, 9.17) is 0 Å². The molecule has 0 rings (SSSR count). The molecule has 10 heteroatoms. The first-order chi connectivity index (χ1) is 5.21. The Morgan fingerprint density at radius 3 is 1.07 bits per heavy atom. The molecule has 0 saturated carbocycles. The molecule has 0 bridgehead atoms. The summed E-state index contributed by atoms with van der Waals surface area (Å²) in [5.41, 5.74) is 0. The topological polar surface area (TPSA) is 114 Å². The van der Waals surface area contributed by atoms with E-state index in [-0.39, 0.29) is 72.0 Å². The minimum atomic E-state index is -4.29. The van der Waals surface area contributed by atoms with Gasteiger partial charge in [-0.25, -0.2) is 16.8 Å². The fourth-order valence-corrected chi connectivity index (χ4v) is 1.67. The average molecular weight is 262 g/mol. The molecule has 0 atom stereocenters. The van der Waals surface area contributed by atoms with Crippen molar-refractivity contribution in [2.24, 2.45) is 0 Å². The van der Waals surface area contributed by atoms with Crippen LogP contribution in [0.25, 0.3) is 0 Å². The zero-order valence-electron chi connectivity index (χ0n) is 8.09. The zero-order valence-corrected chi connectivity index (χ0v) is 13.7. The predicted octanol–water partition coefficient (Wildman–Crippen LogP) is -7.13. The minimum Gasteiger partial charge on any atom is -0.748 e. The van der Waals surface area contributed by atoms with Crippen LogP contribution in [0.2, 0.25) is 0 Å². The maximum Gasteiger partial charge on any atom is 1.00 e. The molecular weight excluding hydrogens is 254 g/mol. The van der Waals surface area contributed by atoms with Crippen molar-refractivity contribution in [1.82, 2.24) is 0 Å². The van der Waals surface area contributed by atoms with Gasteiger partial charge in [0.2, 0.25) is 0 Å². The molecule has 0 N–H and O–H groups in total. The Morgan fingerprint density at radius 2 is 0.929 bits per heavy atom. The van der Waals surface area contributed by atoms with Crippen LogP contribution in [-0.2, 0) is 20.2 Å². The monoisotopic (exact) mass is 262 g/mol. The van der Waals surface area contributed by atoms with Crippen LogP contribution in [0.5, 0.6) is 0 Å². The summed E-state index contributed by atoms with van der Waals surface area (Å²) in [7, 11) is -8.58. The van der Waals surface area contributed by atoms with E-state index in [1.165, 1.54) is 0 Å². The van der Waals surface area contributed by atoms with Crippen molar-refractivity contribution in [2.45, 2.75) is 12.8 Å². The van der Waals surface area contributed by atoms with Gasteiger partial charge in [0, 0.05) is 11.5 Å². The predicted molar refractivity (Wildman–Crippen MR) is 38.4 cm³/mol. The summed E-state index contributed by atoms with van der Waals surface area (Å²) >= 11 is 0. The van der Waals surface area contributed by atoms with E-state index >= 15 is 0 Å². The molecule has 0 aromatic carbocycles. The number of rotatable bonds is 5. The summed E-state index contributed by atoms with van der Waals surface area (Å²) in [6.45, 7) is 0. The molecule has 0 unspecified atom stereocenters. The van der Waals surface area contributed by atoms with Crippen molar-refractivity contribution in [3.05, 3.63) is 0 Å². The van der Waals surface area contributed by atoms with E-state index in [1.54, 1.807) is 0 Å². The van der Waals surface area contributed by atoms with Crippen molar-refractivity contribution < 1.29 is 85.1 Å². The Labute approximate surface area is 128 Å². The largest absolute Gasteiger partial charge is 1.00 e. The standard InChI is InChI=1S/C4H10O6S2.2Na/c5-11(6,7)3-1-2-4-12(8,9)10;;/h1-4H2,(H,5,6,7)(H,8,9,10);;/q;2*+1/p-2. The molecule has 14 heavy (non-hydrogen) atoms. The Hall–Kier alpha value is 1.82. The SMILES string of the molecule is O=S(=O)([O-])CCCCS(=O)(=O)[O-].[Na+].[Na+]. The van der Waals surface area contributed by atoms with Gasteiger partial charge in [-0.1, -0.05) is 0 Å². The van der Waals surface area contributed by atoms with Crippen LogP contribution in [0.15, 0.2) is 0 Å². The molecule has 0 amide bonds. The zero-order chi connectivity index (χ0) is 9.83. The molecule has 0 spiro atoms. The molecule has 0 aliphatic rings. The number of unbranched alkanes of at least 4 members (excludes halogenated alkanes) is 1. The fraction of sp³-hybridized carbons (Fsp3) is 1.00. The molecule has 0 aliphatic heterocycles. The Balaban J connectivity index is -0.000000605. The quantitative estimate of drug-likeness (QED) is 0.276. The first-order valence-corrected chi connectivity index (χ1v) is 6.23. The third kappa shape index (κ3) is 19.4. The molecule has 0 aromatic heterocycles. The average Bonchev–Trinajstić information content (AvgIpc) is 1.76. The number of hydrogen-bond acceptors (Lipinski definition) is 6. The summed E-state index contributed by atoms with van der Waals surface area (Å²) in [5, 5.41) is 0. The Morgan fingerprint density at radius 1 is 0.714 bits per heavy atom. The second-order valence-corrected chi connectivity index (χ2v) is 5.28. The van der Waals surface area contributed by atoms with Gasteiger partial charge >= 0.3 is 59.1 Å². The van der Waals surface area contributed by atoms with Crippen molar-refractivity contribution in [3.63, 3.8) is 0 Å². The van der Waals surface area contributed by atoms with Crippen LogP contribution in [0, 0.1) is 0 Å². The first-order valence-electron chi connectivity index (χ1n) is 3.08. The molecule has 0 radical (unpaired) electrons. The third-order valence-electron chi connectivity index (χ3n) is 1.04. The van der Waals surface area contributed by atoms with Gasteiger partial charge in [-0.05, 0) is 12.8 Å². The van der Waals surface area contributed by atoms with E-state index in [9.17, 15) is 25.9 Å². The van der Waals surface area contributed by atoms with Gasteiger partial charge in [-0.15, -0.1) is 0 Å². The van der Waals surface area contributed by atoms with Crippen molar-refractivity contribution >= 4 is 20.2 Å². The summed E-state index contributed by atoms with van der Waals surface area (Å²) in [5.74, 6) is -1.24. The van der Waals surface area contributed by atoms with E-state index in [1.807, 2.05) is 0 Å². The van der Waals surface area contributed by atoms with Crippen LogP contribution in [0.4, 0.5) is 0 Å². The van der Waals surface area contributed by atoms with E-state index < -0.39 is 31.7 Å². The van der Waals surface area contributed by atoms with Gasteiger partial charge in [0.1, 0.15) is 0 Å². The molecule has 0 aromatic rings. The molecule has 74 valence electrons. The second kappa shape index (κ2) is 8.91. The van der Waals surface area contributed by atoms with Gasteiger partial charge < -0.3 is 9.11 Å². The summed E-state index contributed by atoms with van der Waals surface area (Å²) in [6, 6.07) is 0. The van der Waals surface area contributed by atoms with Crippen LogP contribution in [0.1, 0.15) is 12.8 Å². The molecule has 0 heterocycles. The van der Waals surface area contributed by atoms with Gasteiger partial charge in [-0.2, -0.15) is 0 Å². The molecular formula is C4H8Na2O6S2. The molecule has 6 nitrogen and oxygen atoms in total. The molecule has 0 saturated heterocycles. The van der Waals surface area contributed by atoms with Crippen molar-refractivity contribution in [3.8, 4) is 0 Å². The van der Waals surface area contributed by atoms with Gasteiger partial charge in [0.25, 0.3) is 0 Å². The Kier molecular flexibility index (Phi) is 13.5. The van der Waals surface area contributed by atoms with Gasteiger partial charge in [0.15, 0.2) is 0 Å². The minimum absolute atomic E-state index is 0. The smallest absolute Gasteiger partial charge is 0.748 e. The second-order valence-electron chi connectivity index (χ2n) is 2.23. The van der Waals surface area contributed by atoms with Gasteiger partial charge in [-0.3, -0.25) is 0 Å². The van der Waals surface area contributed by atoms with Crippen LogP contribution in [0.3, 0.4) is 0 Å². The molecule has 0 aliphatic carbocycles. The van der Waals surface area contributed by atoms with Crippen LogP contribution in [-0.4, -0.2) is 37.4 Å². The van der Waals surface area contributed by atoms with Crippen molar-refractivity contribution in [1.29, 1.82) is 0 Å². The van der Waals surface area contributed by atoms with Crippen LogP contribution >= 0.6 is 0 Å². The summed E-state index contributed by atoms with van der Waals surface area (Å²) in [6.07, 6.45) is -0.180. The first kappa shape index (κ1) is 21.1. The van der Waals surface area contributed by atoms with Crippen LogP contribution < -0.4 is 59.1 Å². The third-order valence-corrected chi connectivity index (χ3v) is 2.62. The van der Waals surface area contributed by atoms with E-state index in [0.29, 0.717) is 0 Å². The maximum atomic E-state index is 9.97. The fourth-order valence-electron chi connectivity index (χ4n) is 0.558. The van der Waals surface area contributed by atoms with Gasteiger partial charge in [0.05, 0.1) is 20.2 Å². The van der Waals surface area contributed by atoms with E-state index in [2.05, 4.69) is 0 Å². The maximum absolute atomic E-state index is 9.97. The van der Waals surface area contributed by atoms with E-state index in [0.717, 1.165) is 0 Å².